The Morgan fingerprint density at radius 1 is 1.06 bits per heavy atom. The van der Waals surface area contributed by atoms with Gasteiger partial charge < -0.3 is 14.2 Å². The van der Waals surface area contributed by atoms with Gasteiger partial charge >= 0.3 is 5.97 Å². The molecular weight excluding hydrogens is 438 g/mol. The molecule has 170 valence electrons. The zero-order valence-corrected chi connectivity index (χ0v) is 18.1. The topological polar surface area (TPSA) is 137 Å². The van der Waals surface area contributed by atoms with Gasteiger partial charge in [0.25, 0.3) is 10.1 Å². The molecule has 3 rings (SSSR count). The van der Waals surface area contributed by atoms with E-state index >= 15 is 0 Å². The van der Waals surface area contributed by atoms with Crippen LogP contribution in [0.15, 0.2) is 65.8 Å². The van der Waals surface area contributed by atoms with Crippen molar-refractivity contribution >= 4 is 16.1 Å². The van der Waals surface area contributed by atoms with E-state index in [-0.39, 0.29) is 19.8 Å². The van der Waals surface area contributed by atoms with Crippen LogP contribution in [-0.4, -0.2) is 51.6 Å². The third-order valence-electron chi connectivity index (χ3n) is 4.65. The molecule has 0 radical (unpaired) electrons. The van der Waals surface area contributed by atoms with E-state index in [1.54, 1.807) is 0 Å². The van der Waals surface area contributed by atoms with E-state index in [0.29, 0.717) is 0 Å². The molecule has 0 amide bonds. The lowest BCUT2D eigenvalue weighted by atomic mass is 10.0. The van der Waals surface area contributed by atoms with Gasteiger partial charge in [0, 0.05) is 4.91 Å². The molecule has 0 spiro atoms. The molecule has 0 bridgehead atoms. The van der Waals surface area contributed by atoms with Crippen molar-refractivity contribution in [3.05, 3.63) is 82.2 Å². The van der Waals surface area contributed by atoms with Crippen LogP contribution in [0, 0.1) is 0 Å². The van der Waals surface area contributed by atoms with Gasteiger partial charge in [-0.2, -0.15) is 8.42 Å². The number of carbonyl (C=O) groups is 1. The minimum absolute atomic E-state index is 0.0656. The Morgan fingerprint density at radius 2 is 1.66 bits per heavy atom. The number of nitrogens with zero attached hydrogens (tertiary/aromatic N) is 3. The number of hydrogen-bond donors (Lipinski definition) is 0. The van der Waals surface area contributed by atoms with Gasteiger partial charge in [0.1, 0.15) is 18.2 Å². The number of hydrogen-bond acceptors (Lipinski definition) is 8. The fourth-order valence-corrected chi connectivity index (χ4v) is 3.80. The summed E-state index contributed by atoms with van der Waals surface area (Å²) in [5.74, 6) is -0.917. The maximum absolute atomic E-state index is 12.4. The van der Waals surface area contributed by atoms with Crippen LogP contribution in [0.2, 0.25) is 0 Å². The fourth-order valence-electron chi connectivity index (χ4n) is 3.24. The van der Waals surface area contributed by atoms with Crippen molar-refractivity contribution in [3.63, 3.8) is 0 Å². The molecule has 0 saturated carbocycles. The van der Waals surface area contributed by atoms with E-state index in [4.69, 9.17) is 23.9 Å². The number of esters is 1. The summed E-state index contributed by atoms with van der Waals surface area (Å²) in [7, 11) is -3.99. The lowest BCUT2D eigenvalue weighted by Gasteiger charge is -2.25. The maximum Gasteiger partial charge on any atom is 0.340 e. The lowest BCUT2D eigenvalue weighted by Crippen LogP contribution is -2.43. The molecule has 32 heavy (non-hydrogen) atoms. The summed E-state index contributed by atoms with van der Waals surface area (Å²) in [5.41, 5.74) is 10.7. The molecule has 0 unspecified atom stereocenters. The smallest absolute Gasteiger partial charge is 0.340 e. The molecule has 0 N–H and O–H groups in total. The molecule has 0 aliphatic carbocycles. The number of azide groups is 1. The molecule has 0 aromatic heterocycles. The molecule has 11 heteroatoms. The van der Waals surface area contributed by atoms with Crippen molar-refractivity contribution in [2.24, 2.45) is 5.11 Å². The van der Waals surface area contributed by atoms with Gasteiger partial charge in [0.2, 0.25) is 6.10 Å². The Labute approximate surface area is 185 Å². The molecule has 1 saturated heterocycles. The second-order valence-electron chi connectivity index (χ2n) is 7.16. The highest BCUT2D eigenvalue weighted by Gasteiger charge is 2.51. The van der Waals surface area contributed by atoms with Gasteiger partial charge in [-0.1, -0.05) is 65.8 Å². The quantitative estimate of drug-likeness (QED) is 0.165. The van der Waals surface area contributed by atoms with Crippen LogP contribution in [0.1, 0.15) is 11.1 Å². The minimum atomic E-state index is -3.99. The molecule has 4 atom stereocenters. The lowest BCUT2D eigenvalue weighted by molar-refractivity contribution is -0.147. The highest BCUT2D eigenvalue weighted by atomic mass is 32.2. The summed E-state index contributed by atoms with van der Waals surface area (Å²) in [4.78, 5) is 15.2. The molecule has 1 aliphatic rings. The van der Waals surface area contributed by atoms with Crippen LogP contribution in [0.5, 0.6) is 0 Å². The van der Waals surface area contributed by atoms with E-state index in [2.05, 4.69) is 10.0 Å². The van der Waals surface area contributed by atoms with Gasteiger partial charge in [-0.3, -0.25) is 4.18 Å². The largest absolute Gasteiger partial charge is 0.457 e. The average Bonchev–Trinajstić information content (AvgIpc) is 3.07. The van der Waals surface area contributed by atoms with Gasteiger partial charge in [-0.25, -0.2) is 4.79 Å². The van der Waals surface area contributed by atoms with Gasteiger partial charge in [-0.05, 0) is 16.7 Å². The third-order valence-corrected chi connectivity index (χ3v) is 5.21. The van der Waals surface area contributed by atoms with Crippen molar-refractivity contribution in [1.82, 2.24) is 0 Å². The first-order valence-electron chi connectivity index (χ1n) is 9.77. The molecule has 10 nitrogen and oxygen atoms in total. The summed E-state index contributed by atoms with van der Waals surface area (Å²) in [6.07, 6.45) is -2.92. The van der Waals surface area contributed by atoms with Crippen LogP contribution in [0.25, 0.3) is 10.4 Å². The van der Waals surface area contributed by atoms with Crippen molar-refractivity contribution in [2.75, 3.05) is 12.9 Å². The second-order valence-corrected chi connectivity index (χ2v) is 8.76. The van der Waals surface area contributed by atoms with Gasteiger partial charge in [-0.15, -0.1) is 0 Å². The Morgan fingerprint density at radius 3 is 2.22 bits per heavy atom. The molecule has 1 heterocycles. The number of cyclic esters (lactones) is 1. The Hall–Kier alpha value is -2.95. The molecule has 2 aromatic rings. The van der Waals surface area contributed by atoms with Gasteiger partial charge in [0.05, 0.1) is 26.1 Å². The highest BCUT2D eigenvalue weighted by molar-refractivity contribution is 7.86. The fraction of sp³-hybridized carbons (Fsp3) is 0.381. The normalized spacial score (nSPS) is 21.5. The first-order chi connectivity index (χ1) is 15.4. The van der Waals surface area contributed by atoms with Crippen molar-refractivity contribution in [2.45, 2.75) is 37.6 Å². The summed E-state index contributed by atoms with van der Waals surface area (Å²) in [5, 5.41) is 3.70. The highest BCUT2D eigenvalue weighted by Crippen LogP contribution is 2.28. The van der Waals surface area contributed by atoms with Crippen molar-refractivity contribution in [3.8, 4) is 0 Å². The number of ether oxygens (including phenoxy) is 3. The summed E-state index contributed by atoms with van der Waals surface area (Å²) >= 11 is 0. The minimum Gasteiger partial charge on any atom is -0.457 e. The average molecular weight is 461 g/mol. The number of rotatable bonds is 11. The summed E-state index contributed by atoms with van der Waals surface area (Å²) in [6, 6.07) is 17.5. The Kier molecular flexibility index (Phi) is 8.20. The predicted octanol–water partition coefficient (Wildman–Crippen LogP) is 2.74. The summed E-state index contributed by atoms with van der Waals surface area (Å²) < 4.78 is 45.2. The van der Waals surface area contributed by atoms with E-state index in [0.717, 1.165) is 17.4 Å². The van der Waals surface area contributed by atoms with Crippen LogP contribution in [0.4, 0.5) is 0 Å². The predicted molar refractivity (Wildman–Crippen MR) is 114 cm³/mol. The summed E-state index contributed by atoms with van der Waals surface area (Å²) in [6.45, 7) is 0.238. The Bertz CT molecular complexity index is 1040. The van der Waals surface area contributed by atoms with E-state index < -0.39 is 40.4 Å². The van der Waals surface area contributed by atoms with E-state index in [1.807, 2.05) is 60.7 Å². The van der Waals surface area contributed by atoms with E-state index in [9.17, 15) is 13.2 Å². The zero-order valence-electron chi connectivity index (χ0n) is 17.3. The van der Waals surface area contributed by atoms with Crippen molar-refractivity contribution in [1.29, 1.82) is 0 Å². The third kappa shape index (κ3) is 6.78. The number of carbonyl (C=O) groups excluding carboxylic acids is 1. The monoisotopic (exact) mass is 461 g/mol. The molecular formula is C21H23N3O7S. The SMILES string of the molecule is CS(=O)(=O)O[C@@H]1C(=O)O[C@@H]([C@H](COCc2ccccc2)N=[N+]=[N-])[C@@H]1OCc1ccccc1. The van der Waals surface area contributed by atoms with Crippen LogP contribution < -0.4 is 0 Å². The van der Waals surface area contributed by atoms with E-state index in [1.165, 1.54) is 0 Å². The van der Waals surface area contributed by atoms with Gasteiger partial charge in [0.15, 0.2) is 0 Å². The second kappa shape index (κ2) is 11.1. The number of benzene rings is 2. The Balaban J connectivity index is 1.76. The van der Waals surface area contributed by atoms with Crippen molar-refractivity contribution < 1.29 is 31.6 Å². The van der Waals surface area contributed by atoms with Crippen LogP contribution in [0.3, 0.4) is 0 Å². The first kappa shape index (κ1) is 23.7. The molecule has 1 aliphatic heterocycles. The standard InChI is InChI=1S/C21H23N3O7S/c1-32(26,27)31-20-19(29-13-16-10-6-3-7-11-16)18(30-21(20)25)17(23-24-22)14-28-12-15-8-4-2-5-9-15/h2-11,17-20H,12-14H2,1H3/t17-,18-,19-,20-/m0/s1. The molecule has 2 aromatic carbocycles. The zero-order chi connectivity index (χ0) is 23.0. The maximum atomic E-state index is 12.4. The molecule has 1 fully saturated rings. The van der Waals surface area contributed by atoms with Crippen LogP contribution in [-0.2, 0) is 46.5 Å². The van der Waals surface area contributed by atoms with Crippen LogP contribution >= 0.6 is 0 Å². The first-order valence-corrected chi connectivity index (χ1v) is 11.6.